The van der Waals surface area contributed by atoms with E-state index in [1.165, 1.54) is 11.8 Å². The van der Waals surface area contributed by atoms with Gasteiger partial charge < -0.3 is 9.15 Å². The van der Waals surface area contributed by atoms with Gasteiger partial charge in [0.25, 0.3) is 5.91 Å². The molecule has 0 unspecified atom stereocenters. The number of hydrazone groups is 1. The summed E-state index contributed by atoms with van der Waals surface area (Å²) in [5.74, 6) is 1.48. The molecule has 1 N–H and O–H groups in total. The number of carbonyl (C=O) groups is 1. The number of furan rings is 1. The number of hydrogen-bond donors (Lipinski definition) is 1. The number of rotatable bonds is 6. The van der Waals surface area contributed by atoms with Crippen molar-refractivity contribution in [1.29, 1.82) is 0 Å². The number of carbonyl (C=O) groups excluding carboxylic acids is 1. The lowest BCUT2D eigenvalue weighted by molar-refractivity contribution is -0.123. The SMILES string of the molecule is Cc1ccc(OCC(=O)N/N=C/c2ccc(-c3ccc(C)c(Cl)c3)o2)cc1C. The molecule has 0 saturated heterocycles. The van der Waals surface area contributed by atoms with E-state index in [1.807, 2.05) is 63.2 Å². The molecular weight excluding hydrogens is 376 g/mol. The van der Waals surface area contributed by atoms with Gasteiger partial charge in [-0.25, -0.2) is 5.43 Å². The van der Waals surface area contributed by atoms with E-state index >= 15 is 0 Å². The maximum Gasteiger partial charge on any atom is 0.277 e. The summed E-state index contributed by atoms with van der Waals surface area (Å²) in [5, 5.41) is 4.58. The number of aryl methyl sites for hydroxylation is 3. The third-order valence-corrected chi connectivity index (χ3v) is 4.72. The van der Waals surface area contributed by atoms with Gasteiger partial charge in [-0.2, -0.15) is 5.10 Å². The Labute approximate surface area is 169 Å². The summed E-state index contributed by atoms with van der Waals surface area (Å²) >= 11 is 6.15. The second-order valence-electron chi connectivity index (χ2n) is 6.49. The molecular formula is C22H21ClN2O3. The van der Waals surface area contributed by atoms with Crippen molar-refractivity contribution in [3.05, 3.63) is 76.0 Å². The van der Waals surface area contributed by atoms with Gasteiger partial charge in [-0.05, 0) is 67.8 Å². The number of hydrogen-bond acceptors (Lipinski definition) is 4. The van der Waals surface area contributed by atoms with Crippen LogP contribution >= 0.6 is 11.6 Å². The number of nitrogens with zero attached hydrogens (tertiary/aromatic N) is 1. The first-order valence-corrected chi connectivity index (χ1v) is 9.18. The third kappa shape index (κ3) is 5.02. The van der Waals surface area contributed by atoms with Crippen LogP contribution in [0.4, 0.5) is 0 Å². The van der Waals surface area contributed by atoms with Crippen molar-refractivity contribution in [2.24, 2.45) is 5.10 Å². The molecule has 0 aliphatic heterocycles. The fraction of sp³-hybridized carbons (Fsp3) is 0.182. The molecule has 2 aromatic carbocycles. The van der Waals surface area contributed by atoms with Crippen LogP contribution in [0.3, 0.4) is 0 Å². The van der Waals surface area contributed by atoms with Gasteiger partial charge in [-0.15, -0.1) is 0 Å². The van der Waals surface area contributed by atoms with E-state index in [0.29, 0.717) is 22.3 Å². The van der Waals surface area contributed by atoms with Gasteiger partial charge in [0.05, 0.1) is 6.21 Å². The van der Waals surface area contributed by atoms with Crippen molar-refractivity contribution in [2.75, 3.05) is 6.61 Å². The van der Waals surface area contributed by atoms with Gasteiger partial charge in [0.15, 0.2) is 6.61 Å². The van der Waals surface area contributed by atoms with Gasteiger partial charge in [-0.1, -0.05) is 29.8 Å². The molecule has 28 heavy (non-hydrogen) atoms. The number of halogens is 1. The highest BCUT2D eigenvalue weighted by atomic mass is 35.5. The standard InChI is InChI=1S/C22H21ClN2O3/c1-14-5-7-18(10-16(14)3)27-13-22(26)25-24-12-19-8-9-21(28-19)17-6-4-15(2)20(23)11-17/h4-12H,13H2,1-3H3,(H,25,26)/b24-12+. The smallest absolute Gasteiger partial charge is 0.277 e. The molecule has 0 bridgehead atoms. The number of amides is 1. The highest BCUT2D eigenvalue weighted by molar-refractivity contribution is 6.31. The normalized spacial score (nSPS) is 11.0. The maximum atomic E-state index is 11.9. The molecule has 6 heteroatoms. The van der Waals surface area contributed by atoms with E-state index in [-0.39, 0.29) is 12.5 Å². The molecule has 5 nitrogen and oxygen atoms in total. The molecule has 3 aromatic rings. The highest BCUT2D eigenvalue weighted by Crippen LogP contribution is 2.26. The quantitative estimate of drug-likeness (QED) is 0.468. The van der Waals surface area contributed by atoms with Crippen LogP contribution in [0.1, 0.15) is 22.5 Å². The van der Waals surface area contributed by atoms with Crippen LogP contribution in [0.2, 0.25) is 5.02 Å². The van der Waals surface area contributed by atoms with Crippen molar-refractivity contribution in [1.82, 2.24) is 5.43 Å². The Balaban J connectivity index is 1.53. The molecule has 0 fully saturated rings. The Morgan fingerprint density at radius 2 is 1.86 bits per heavy atom. The van der Waals surface area contributed by atoms with Crippen LogP contribution in [0.25, 0.3) is 11.3 Å². The second-order valence-corrected chi connectivity index (χ2v) is 6.90. The van der Waals surface area contributed by atoms with Crippen molar-refractivity contribution in [3.63, 3.8) is 0 Å². The molecule has 1 aromatic heterocycles. The minimum Gasteiger partial charge on any atom is -0.484 e. The van der Waals surface area contributed by atoms with Crippen molar-refractivity contribution in [2.45, 2.75) is 20.8 Å². The van der Waals surface area contributed by atoms with E-state index < -0.39 is 0 Å². The van der Waals surface area contributed by atoms with E-state index in [9.17, 15) is 4.79 Å². The summed E-state index contributed by atoms with van der Waals surface area (Å²) < 4.78 is 11.2. The average molecular weight is 397 g/mol. The summed E-state index contributed by atoms with van der Waals surface area (Å²) in [6.07, 6.45) is 1.44. The Hall–Kier alpha value is -3.05. The second kappa shape index (κ2) is 8.76. The lowest BCUT2D eigenvalue weighted by Gasteiger charge is -2.07. The lowest BCUT2D eigenvalue weighted by atomic mass is 10.1. The largest absolute Gasteiger partial charge is 0.484 e. The third-order valence-electron chi connectivity index (χ3n) is 4.31. The first-order chi connectivity index (χ1) is 13.4. The Morgan fingerprint density at radius 3 is 2.61 bits per heavy atom. The molecule has 0 atom stereocenters. The molecule has 3 rings (SSSR count). The summed E-state index contributed by atoms with van der Waals surface area (Å²) in [7, 11) is 0. The van der Waals surface area contributed by atoms with Crippen LogP contribution in [0.15, 0.2) is 58.0 Å². The summed E-state index contributed by atoms with van der Waals surface area (Å²) in [5.41, 5.74) is 6.58. The Morgan fingerprint density at radius 1 is 1.07 bits per heavy atom. The van der Waals surface area contributed by atoms with Gasteiger partial charge in [0.2, 0.25) is 0 Å². The van der Waals surface area contributed by atoms with E-state index in [1.54, 1.807) is 6.07 Å². The van der Waals surface area contributed by atoms with Crippen LogP contribution in [-0.4, -0.2) is 18.7 Å². The zero-order chi connectivity index (χ0) is 20.1. The van der Waals surface area contributed by atoms with Crippen molar-refractivity contribution in [3.8, 4) is 17.1 Å². The monoisotopic (exact) mass is 396 g/mol. The topological polar surface area (TPSA) is 63.8 Å². The first-order valence-electron chi connectivity index (χ1n) is 8.80. The summed E-state index contributed by atoms with van der Waals surface area (Å²) in [6, 6.07) is 15.0. The van der Waals surface area contributed by atoms with Gasteiger partial charge in [-0.3, -0.25) is 4.79 Å². The predicted octanol–water partition coefficient (Wildman–Crippen LogP) is 5.05. The average Bonchev–Trinajstić information content (AvgIpc) is 3.14. The minimum atomic E-state index is -0.355. The van der Waals surface area contributed by atoms with Crippen LogP contribution in [0, 0.1) is 20.8 Å². The number of nitrogens with one attached hydrogen (secondary N) is 1. The molecule has 0 aliphatic rings. The maximum absolute atomic E-state index is 11.9. The molecule has 0 spiro atoms. The Kier molecular flexibility index (Phi) is 6.16. The molecule has 1 heterocycles. The van der Waals surface area contributed by atoms with Crippen LogP contribution in [-0.2, 0) is 4.79 Å². The van der Waals surface area contributed by atoms with E-state index in [4.69, 9.17) is 20.8 Å². The summed E-state index contributed by atoms with van der Waals surface area (Å²) in [4.78, 5) is 11.9. The zero-order valence-electron chi connectivity index (χ0n) is 16.0. The molecule has 0 saturated carbocycles. The van der Waals surface area contributed by atoms with Crippen LogP contribution < -0.4 is 10.2 Å². The Bertz CT molecular complexity index is 1020. The predicted molar refractivity (Wildman–Crippen MR) is 111 cm³/mol. The summed E-state index contributed by atoms with van der Waals surface area (Å²) in [6.45, 7) is 5.84. The number of ether oxygens (including phenoxy) is 1. The zero-order valence-corrected chi connectivity index (χ0v) is 16.7. The fourth-order valence-corrected chi connectivity index (χ4v) is 2.66. The first kappa shape index (κ1) is 19.7. The fourth-order valence-electron chi connectivity index (χ4n) is 2.48. The molecule has 0 aliphatic carbocycles. The molecule has 1 amide bonds. The van der Waals surface area contributed by atoms with Crippen molar-refractivity contribution >= 4 is 23.7 Å². The minimum absolute atomic E-state index is 0.120. The van der Waals surface area contributed by atoms with E-state index in [2.05, 4.69) is 10.5 Å². The van der Waals surface area contributed by atoms with Crippen LogP contribution in [0.5, 0.6) is 5.75 Å². The molecule has 0 radical (unpaired) electrons. The lowest BCUT2D eigenvalue weighted by Crippen LogP contribution is -2.24. The molecule has 144 valence electrons. The van der Waals surface area contributed by atoms with Crippen molar-refractivity contribution < 1.29 is 13.9 Å². The van der Waals surface area contributed by atoms with Gasteiger partial charge in [0.1, 0.15) is 17.3 Å². The van der Waals surface area contributed by atoms with Gasteiger partial charge in [0, 0.05) is 10.6 Å². The van der Waals surface area contributed by atoms with Gasteiger partial charge >= 0.3 is 0 Å². The highest BCUT2D eigenvalue weighted by Gasteiger charge is 2.06. The van der Waals surface area contributed by atoms with E-state index in [0.717, 1.165) is 16.7 Å². The number of benzene rings is 2.